The molecule has 1 aliphatic rings. The van der Waals surface area contributed by atoms with Crippen LogP contribution in [0.2, 0.25) is 0 Å². The van der Waals surface area contributed by atoms with Gasteiger partial charge in [-0.1, -0.05) is 42.5 Å². The van der Waals surface area contributed by atoms with Gasteiger partial charge in [0.05, 0.1) is 12.2 Å². The predicted octanol–water partition coefficient (Wildman–Crippen LogP) is 3.14. The Bertz CT molecular complexity index is 706. The summed E-state index contributed by atoms with van der Waals surface area (Å²) in [5.41, 5.74) is 3.59. The van der Waals surface area contributed by atoms with Crippen LogP contribution in [0.1, 0.15) is 33.5 Å². The number of hydrogen-bond acceptors (Lipinski definition) is 3. The molecule has 1 aliphatic heterocycles. The molecule has 0 aromatic heterocycles. The number of carbonyl (C=O) groups is 1. The van der Waals surface area contributed by atoms with Gasteiger partial charge in [0.2, 0.25) is 0 Å². The summed E-state index contributed by atoms with van der Waals surface area (Å²) in [5.74, 6) is -0.877. The molecule has 1 unspecified atom stereocenters. The van der Waals surface area contributed by atoms with Gasteiger partial charge in [-0.3, -0.25) is 0 Å². The lowest BCUT2D eigenvalue weighted by Crippen LogP contribution is -2.38. The van der Waals surface area contributed by atoms with Crippen LogP contribution in [0.15, 0.2) is 48.5 Å². The van der Waals surface area contributed by atoms with Crippen molar-refractivity contribution in [1.82, 2.24) is 5.32 Å². The van der Waals surface area contributed by atoms with Crippen molar-refractivity contribution in [3.63, 3.8) is 0 Å². The summed E-state index contributed by atoms with van der Waals surface area (Å²) < 4.78 is 5.67. The van der Waals surface area contributed by atoms with E-state index in [1.54, 1.807) is 6.07 Å². The van der Waals surface area contributed by atoms with Gasteiger partial charge in [0, 0.05) is 25.1 Å². The van der Waals surface area contributed by atoms with Crippen LogP contribution in [0.4, 0.5) is 0 Å². The Morgan fingerprint density at radius 3 is 2.67 bits per heavy atom. The molecule has 0 bridgehead atoms. The number of carboxylic acid groups (broad SMARTS) is 1. The zero-order valence-electron chi connectivity index (χ0n) is 13.9. The van der Waals surface area contributed by atoms with Crippen molar-refractivity contribution in [1.29, 1.82) is 0 Å². The van der Waals surface area contributed by atoms with E-state index in [2.05, 4.69) is 29.6 Å². The van der Waals surface area contributed by atoms with E-state index in [1.165, 1.54) is 5.56 Å². The number of rotatable bonds is 6. The minimum atomic E-state index is -0.877. The standard InChI is InChI=1S/C20H23NO3/c1-15-11-16(7-8-18(15)19(22)23)12-21-13-20(9-10-24-14-20)17-5-3-2-4-6-17/h2-8,11,21H,9-10,12-14H2,1H3,(H,22,23). The zero-order valence-corrected chi connectivity index (χ0v) is 13.9. The maximum atomic E-state index is 11.1. The molecule has 0 radical (unpaired) electrons. The molecule has 1 heterocycles. The van der Waals surface area contributed by atoms with Crippen LogP contribution in [-0.4, -0.2) is 30.8 Å². The van der Waals surface area contributed by atoms with Crippen molar-refractivity contribution in [2.75, 3.05) is 19.8 Å². The van der Waals surface area contributed by atoms with Crippen molar-refractivity contribution >= 4 is 5.97 Å². The first kappa shape index (κ1) is 16.7. The Morgan fingerprint density at radius 1 is 1.25 bits per heavy atom. The normalized spacial score (nSPS) is 20.2. The molecular formula is C20H23NO3. The molecule has 0 aliphatic carbocycles. The lowest BCUT2D eigenvalue weighted by molar-refractivity contribution is 0.0696. The predicted molar refractivity (Wildman–Crippen MR) is 93.4 cm³/mol. The highest BCUT2D eigenvalue weighted by Crippen LogP contribution is 2.32. The van der Waals surface area contributed by atoms with E-state index in [4.69, 9.17) is 9.84 Å². The summed E-state index contributed by atoms with van der Waals surface area (Å²) >= 11 is 0. The van der Waals surface area contributed by atoms with Crippen molar-refractivity contribution in [3.05, 3.63) is 70.8 Å². The fraction of sp³-hybridized carbons (Fsp3) is 0.350. The number of nitrogens with one attached hydrogen (secondary N) is 1. The number of hydrogen-bond donors (Lipinski definition) is 2. The first-order valence-corrected chi connectivity index (χ1v) is 8.28. The van der Waals surface area contributed by atoms with E-state index in [-0.39, 0.29) is 5.41 Å². The van der Waals surface area contributed by atoms with Gasteiger partial charge in [-0.05, 0) is 36.1 Å². The van der Waals surface area contributed by atoms with Crippen molar-refractivity contribution in [2.24, 2.45) is 0 Å². The number of carboxylic acids is 1. The molecule has 1 fully saturated rings. The Morgan fingerprint density at radius 2 is 2.04 bits per heavy atom. The average molecular weight is 325 g/mol. The maximum absolute atomic E-state index is 11.1. The topological polar surface area (TPSA) is 58.6 Å². The summed E-state index contributed by atoms with van der Waals surface area (Å²) in [6.07, 6.45) is 1.01. The lowest BCUT2D eigenvalue weighted by Gasteiger charge is -2.28. The molecule has 2 N–H and O–H groups in total. The lowest BCUT2D eigenvalue weighted by atomic mass is 9.80. The average Bonchev–Trinajstić information content (AvgIpc) is 3.05. The summed E-state index contributed by atoms with van der Waals surface area (Å²) in [6, 6.07) is 16.0. The molecule has 1 saturated heterocycles. The Labute approximate surface area is 142 Å². The SMILES string of the molecule is Cc1cc(CNCC2(c3ccccc3)CCOC2)ccc1C(=O)O. The molecule has 0 saturated carbocycles. The molecule has 24 heavy (non-hydrogen) atoms. The fourth-order valence-corrected chi connectivity index (χ4v) is 3.39. The smallest absolute Gasteiger partial charge is 0.335 e. The summed E-state index contributed by atoms with van der Waals surface area (Å²) in [7, 11) is 0. The summed E-state index contributed by atoms with van der Waals surface area (Å²) in [5, 5.41) is 12.6. The highest BCUT2D eigenvalue weighted by molar-refractivity contribution is 5.89. The van der Waals surface area contributed by atoms with Gasteiger partial charge < -0.3 is 15.2 Å². The summed E-state index contributed by atoms with van der Waals surface area (Å²) in [4.78, 5) is 11.1. The van der Waals surface area contributed by atoms with Gasteiger partial charge in [-0.15, -0.1) is 0 Å². The first-order valence-electron chi connectivity index (χ1n) is 8.28. The second kappa shape index (κ2) is 7.16. The third-order valence-electron chi connectivity index (χ3n) is 4.80. The van der Waals surface area contributed by atoms with Crippen LogP contribution >= 0.6 is 0 Å². The minimum Gasteiger partial charge on any atom is -0.478 e. The zero-order chi connectivity index (χ0) is 17.0. The Hall–Kier alpha value is -2.17. The molecule has 126 valence electrons. The van der Waals surface area contributed by atoms with Gasteiger partial charge in [0.15, 0.2) is 0 Å². The Kier molecular flexibility index (Phi) is 4.97. The van der Waals surface area contributed by atoms with Crippen LogP contribution in [0.5, 0.6) is 0 Å². The summed E-state index contributed by atoms with van der Waals surface area (Å²) in [6.45, 7) is 4.93. The van der Waals surface area contributed by atoms with Gasteiger partial charge in [0.1, 0.15) is 0 Å². The van der Waals surface area contributed by atoms with Crippen molar-refractivity contribution < 1.29 is 14.6 Å². The second-order valence-corrected chi connectivity index (χ2v) is 6.51. The molecule has 0 spiro atoms. The van der Waals surface area contributed by atoms with E-state index < -0.39 is 5.97 Å². The largest absolute Gasteiger partial charge is 0.478 e. The van der Waals surface area contributed by atoms with Gasteiger partial charge >= 0.3 is 5.97 Å². The fourth-order valence-electron chi connectivity index (χ4n) is 3.39. The molecule has 3 rings (SSSR count). The van der Waals surface area contributed by atoms with E-state index in [9.17, 15) is 4.79 Å². The molecule has 4 heteroatoms. The van der Waals surface area contributed by atoms with Gasteiger partial charge in [-0.25, -0.2) is 4.79 Å². The first-order chi connectivity index (χ1) is 11.6. The number of aromatic carboxylic acids is 1. The van der Waals surface area contributed by atoms with Crippen molar-refractivity contribution in [2.45, 2.75) is 25.3 Å². The van der Waals surface area contributed by atoms with Crippen LogP contribution in [-0.2, 0) is 16.7 Å². The minimum absolute atomic E-state index is 0.0251. The highest BCUT2D eigenvalue weighted by atomic mass is 16.5. The van der Waals surface area contributed by atoms with E-state index in [0.717, 1.165) is 43.9 Å². The number of benzene rings is 2. The third-order valence-corrected chi connectivity index (χ3v) is 4.80. The quantitative estimate of drug-likeness (QED) is 0.857. The second-order valence-electron chi connectivity index (χ2n) is 6.51. The van der Waals surface area contributed by atoms with E-state index >= 15 is 0 Å². The number of aryl methyl sites for hydroxylation is 1. The van der Waals surface area contributed by atoms with Crippen LogP contribution in [0.25, 0.3) is 0 Å². The highest BCUT2D eigenvalue weighted by Gasteiger charge is 2.36. The van der Waals surface area contributed by atoms with E-state index in [1.807, 2.05) is 25.1 Å². The monoisotopic (exact) mass is 325 g/mol. The number of ether oxygens (including phenoxy) is 1. The third kappa shape index (κ3) is 3.50. The maximum Gasteiger partial charge on any atom is 0.335 e. The van der Waals surface area contributed by atoms with Crippen LogP contribution in [0, 0.1) is 6.92 Å². The molecule has 0 amide bonds. The molecule has 2 aromatic rings. The molecule has 1 atom stereocenters. The molecule has 2 aromatic carbocycles. The molecular weight excluding hydrogens is 302 g/mol. The molecule has 4 nitrogen and oxygen atoms in total. The van der Waals surface area contributed by atoms with Gasteiger partial charge in [0.25, 0.3) is 0 Å². The van der Waals surface area contributed by atoms with Crippen LogP contribution in [0.3, 0.4) is 0 Å². The van der Waals surface area contributed by atoms with Crippen molar-refractivity contribution in [3.8, 4) is 0 Å². The van der Waals surface area contributed by atoms with Crippen LogP contribution < -0.4 is 5.32 Å². The van der Waals surface area contributed by atoms with E-state index in [0.29, 0.717) is 5.56 Å². The Balaban J connectivity index is 1.66. The van der Waals surface area contributed by atoms with Gasteiger partial charge in [-0.2, -0.15) is 0 Å².